The molecule has 9 aromatic rings. The van der Waals surface area contributed by atoms with Crippen molar-refractivity contribution in [1.82, 2.24) is 4.57 Å². The topological polar surface area (TPSA) is 8.17 Å². The minimum absolute atomic E-state index is 1.11. The van der Waals surface area contributed by atoms with E-state index in [1.54, 1.807) is 0 Å². The van der Waals surface area contributed by atoms with Gasteiger partial charge in [0.25, 0.3) is 0 Å². The lowest BCUT2D eigenvalue weighted by Crippen LogP contribution is -2.09. The molecule has 0 spiro atoms. The van der Waals surface area contributed by atoms with Crippen LogP contribution in [0.1, 0.15) is 5.56 Å². The molecule has 0 radical (unpaired) electrons. The van der Waals surface area contributed by atoms with E-state index < -0.39 is 0 Å². The molecule has 242 valence electrons. The SMILES string of the molecule is Cc1ccc(-n2c3ccccc3c3cc(-c4cccc(-c5cccc(N(c6ccccc6)c6ccc(-c7ccccc7)cc6)c5)c4)ccc32)cc1. The Morgan fingerprint density at radius 2 is 0.843 bits per heavy atom. The van der Waals surface area contributed by atoms with Gasteiger partial charge in [0, 0.05) is 33.5 Å². The average molecular weight is 653 g/mol. The van der Waals surface area contributed by atoms with Gasteiger partial charge in [-0.15, -0.1) is 0 Å². The van der Waals surface area contributed by atoms with Crippen LogP contribution in [0, 0.1) is 6.92 Å². The van der Waals surface area contributed by atoms with Crippen LogP contribution in [-0.4, -0.2) is 4.57 Å². The second kappa shape index (κ2) is 13.0. The van der Waals surface area contributed by atoms with Crippen LogP contribution in [0.15, 0.2) is 200 Å². The van der Waals surface area contributed by atoms with Crippen LogP contribution in [0.2, 0.25) is 0 Å². The number of aryl methyl sites for hydroxylation is 1. The second-order valence-electron chi connectivity index (χ2n) is 13.1. The van der Waals surface area contributed by atoms with E-state index in [2.05, 4.69) is 217 Å². The van der Waals surface area contributed by atoms with Crippen LogP contribution in [0.25, 0.3) is 60.9 Å². The molecule has 0 aliphatic rings. The molecule has 8 aromatic carbocycles. The third kappa shape index (κ3) is 5.77. The lowest BCUT2D eigenvalue weighted by molar-refractivity contribution is 1.17. The fourth-order valence-corrected chi connectivity index (χ4v) is 7.29. The Morgan fingerprint density at radius 1 is 0.333 bits per heavy atom. The molecule has 0 atom stereocenters. The van der Waals surface area contributed by atoms with Gasteiger partial charge in [-0.25, -0.2) is 0 Å². The molecule has 0 saturated heterocycles. The zero-order chi connectivity index (χ0) is 34.1. The molecule has 0 saturated carbocycles. The normalized spacial score (nSPS) is 11.2. The van der Waals surface area contributed by atoms with E-state index in [9.17, 15) is 0 Å². The molecule has 0 bridgehead atoms. The summed E-state index contributed by atoms with van der Waals surface area (Å²) in [5.74, 6) is 0. The number of aromatic nitrogens is 1. The van der Waals surface area contributed by atoms with Gasteiger partial charge in [0.05, 0.1) is 11.0 Å². The Kier molecular flexibility index (Phi) is 7.75. The molecule has 0 amide bonds. The zero-order valence-electron chi connectivity index (χ0n) is 28.4. The molecule has 2 nitrogen and oxygen atoms in total. The van der Waals surface area contributed by atoms with Crippen molar-refractivity contribution in [2.24, 2.45) is 0 Å². The first-order chi connectivity index (χ1) is 25.2. The van der Waals surface area contributed by atoms with Crippen molar-refractivity contribution in [3.63, 3.8) is 0 Å². The number of rotatable bonds is 7. The summed E-state index contributed by atoms with van der Waals surface area (Å²) in [6, 6.07) is 72.2. The molecule has 0 aliphatic carbocycles. The van der Waals surface area contributed by atoms with Crippen molar-refractivity contribution < 1.29 is 0 Å². The molecule has 1 heterocycles. The number of benzene rings is 8. The molecule has 0 unspecified atom stereocenters. The van der Waals surface area contributed by atoms with Crippen molar-refractivity contribution in [1.29, 1.82) is 0 Å². The number of nitrogens with zero attached hydrogens (tertiary/aromatic N) is 2. The summed E-state index contributed by atoms with van der Waals surface area (Å²) < 4.78 is 2.38. The highest BCUT2D eigenvalue weighted by Crippen LogP contribution is 2.39. The fraction of sp³-hybridized carbons (Fsp3) is 0.0204. The molecular formula is C49H36N2. The Labute approximate surface area is 299 Å². The Morgan fingerprint density at radius 3 is 1.59 bits per heavy atom. The van der Waals surface area contributed by atoms with Crippen LogP contribution >= 0.6 is 0 Å². The average Bonchev–Trinajstić information content (AvgIpc) is 3.53. The summed E-state index contributed by atoms with van der Waals surface area (Å²) in [6.07, 6.45) is 0. The summed E-state index contributed by atoms with van der Waals surface area (Å²) in [6.45, 7) is 2.14. The highest BCUT2D eigenvalue weighted by molar-refractivity contribution is 6.10. The van der Waals surface area contributed by atoms with Crippen LogP contribution < -0.4 is 4.90 Å². The van der Waals surface area contributed by atoms with Gasteiger partial charge in [-0.1, -0.05) is 133 Å². The maximum Gasteiger partial charge on any atom is 0.0541 e. The standard InChI is InChI=1S/C49H36N2/c1-35-22-27-44(28-23-35)51-48-21-9-8-20-46(48)47-34-41(26-31-49(47)51)39-15-10-14-38(32-39)40-16-11-19-45(33-40)50(42-17-6-3-7-18-42)43-29-24-37(25-30-43)36-12-4-2-5-13-36/h2-34H,1H3. The molecular weight excluding hydrogens is 617 g/mol. The largest absolute Gasteiger partial charge is 0.310 e. The maximum atomic E-state index is 2.38. The van der Waals surface area contributed by atoms with E-state index in [0.717, 1.165) is 17.1 Å². The maximum absolute atomic E-state index is 2.38. The van der Waals surface area contributed by atoms with Crippen LogP contribution in [0.5, 0.6) is 0 Å². The van der Waals surface area contributed by atoms with Crippen LogP contribution in [-0.2, 0) is 0 Å². The highest BCUT2D eigenvalue weighted by Gasteiger charge is 2.16. The summed E-state index contributed by atoms with van der Waals surface area (Å²) >= 11 is 0. The molecule has 0 aliphatic heterocycles. The van der Waals surface area contributed by atoms with Crippen molar-refractivity contribution in [2.75, 3.05) is 4.90 Å². The summed E-state index contributed by atoms with van der Waals surface area (Å²) in [5.41, 5.74) is 15.4. The van der Waals surface area contributed by atoms with Gasteiger partial charge < -0.3 is 9.47 Å². The van der Waals surface area contributed by atoms with Gasteiger partial charge in [0.15, 0.2) is 0 Å². The predicted molar refractivity (Wildman–Crippen MR) is 217 cm³/mol. The minimum atomic E-state index is 1.11. The Balaban J connectivity index is 1.09. The van der Waals surface area contributed by atoms with Gasteiger partial charge in [0.2, 0.25) is 0 Å². The smallest absolute Gasteiger partial charge is 0.0541 e. The molecule has 51 heavy (non-hydrogen) atoms. The van der Waals surface area contributed by atoms with E-state index in [1.807, 2.05) is 0 Å². The lowest BCUT2D eigenvalue weighted by atomic mass is 9.97. The van der Waals surface area contributed by atoms with E-state index in [0.29, 0.717) is 0 Å². The third-order valence-electron chi connectivity index (χ3n) is 9.85. The highest BCUT2D eigenvalue weighted by atomic mass is 15.1. The van der Waals surface area contributed by atoms with Gasteiger partial charge in [-0.3, -0.25) is 0 Å². The number of para-hydroxylation sites is 2. The molecule has 9 rings (SSSR count). The summed E-state index contributed by atoms with van der Waals surface area (Å²) in [7, 11) is 0. The first-order valence-electron chi connectivity index (χ1n) is 17.5. The van der Waals surface area contributed by atoms with Crippen molar-refractivity contribution in [2.45, 2.75) is 6.92 Å². The summed E-state index contributed by atoms with van der Waals surface area (Å²) in [5, 5.41) is 2.52. The van der Waals surface area contributed by atoms with Crippen molar-refractivity contribution in [3.8, 4) is 39.1 Å². The van der Waals surface area contributed by atoms with E-state index in [4.69, 9.17) is 0 Å². The monoisotopic (exact) mass is 652 g/mol. The predicted octanol–water partition coefficient (Wildman–Crippen LogP) is 13.6. The zero-order valence-corrected chi connectivity index (χ0v) is 28.4. The number of anilines is 3. The van der Waals surface area contributed by atoms with Gasteiger partial charge in [0.1, 0.15) is 0 Å². The van der Waals surface area contributed by atoms with E-state index in [-0.39, 0.29) is 0 Å². The number of hydrogen-bond acceptors (Lipinski definition) is 1. The molecule has 0 N–H and O–H groups in total. The number of fused-ring (bicyclic) bond motifs is 3. The van der Waals surface area contributed by atoms with Crippen LogP contribution in [0.3, 0.4) is 0 Å². The van der Waals surface area contributed by atoms with Gasteiger partial charge in [-0.2, -0.15) is 0 Å². The third-order valence-corrected chi connectivity index (χ3v) is 9.85. The van der Waals surface area contributed by atoms with E-state index in [1.165, 1.54) is 66.4 Å². The van der Waals surface area contributed by atoms with Gasteiger partial charge >= 0.3 is 0 Å². The van der Waals surface area contributed by atoms with E-state index >= 15 is 0 Å². The quantitative estimate of drug-likeness (QED) is 0.166. The van der Waals surface area contributed by atoms with Gasteiger partial charge in [-0.05, 0) is 113 Å². The Hall–Kier alpha value is -6.64. The number of hydrogen-bond donors (Lipinski definition) is 0. The summed E-state index contributed by atoms with van der Waals surface area (Å²) in [4.78, 5) is 2.33. The minimum Gasteiger partial charge on any atom is -0.310 e. The first kappa shape index (κ1) is 30.4. The van der Waals surface area contributed by atoms with Crippen molar-refractivity contribution in [3.05, 3.63) is 206 Å². The second-order valence-corrected chi connectivity index (χ2v) is 13.1. The lowest BCUT2D eigenvalue weighted by Gasteiger charge is -2.26. The molecule has 1 aromatic heterocycles. The molecule has 0 fully saturated rings. The van der Waals surface area contributed by atoms with Crippen LogP contribution in [0.4, 0.5) is 17.1 Å². The fourth-order valence-electron chi connectivity index (χ4n) is 7.29. The molecule has 2 heteroatoms. The first-order valence-corrected chi connectivity index (χ1v) is 17.5. The van der Waals surface area contributed by atoms with Crippen molar-refractivity contribution >= 4 is 38.9 Å². The Bertz CT molecular complexity index is 2620.